The van der Waals surface area contributed by atoms with E-state index in [0.29, 0.717) is 5.22 Å². The molecule has 76 valence electrons. The first-order chi connectivity index (χ1) is 6.63. The Bertz CT molecular complexity index is 347. The molecule has 0 aliphatic carbocycles. The second-order valence-corrected chi connectivity index (χ2v) is 4.22. The average Bonchev–Trinajstić information content (AvgIpc) is 2.10. The van der Waals surface area contributed by atoms with E-state index in [0.717, 1.165) is 22.2 Å². The molecule has 0 aliphatic rings. The summed E-state index contributed by atoms with van der Waals surface area (Å²) in [6, 6.07) is 5.81. The van der Waals surface area contributed by atoms with E-state index < -0.39 is 0 Å². The van der Waals surface area contributed by atoms with Crippen LogP contribution in [0.2, 0.25) is 0 Å². The first kappa shape index (κ1) is 11.6. The number of halogens is 2. The quantitative estimate of drug-likeness (QED) is 0.731. The Hall–Kier alpha value is -0.470. The van der Waals surface area contributed by atoms with Gasteiger partial charge in [-0.1, -0.05) is 22.9 Å². The Balaban J connectivity index is 2.82. The molecule has 1 aromatic rings. The van der Waals surface area contributed by atoms with E-state index >= 15 is 0 Å². The van der Waals surface area contributed by atoms with E-state index in [-0.39, 0.29) is 0 Å². The zero-order valence-corrected chi connectivity index (χ0v) is 10.5. The van der Waals surface area contributed by atoms with Crippen LogP contribution in [-0.2, 0) is 0 Å². The zero-order chi connectivity index (χ0) is 10.6. The van der Waals surface area contributed by atoms with Crippen LogP contribution in [0.25, 0.3) is 0 Å². The number of allylic oxidation sites excluding steroid dienone is 1. The molecule has 0 aliphatic heterocycles. The van der Waals surface area contributed by atoms with E-state index in [4.69, 9.17) is 16.3 Å². The first-order valence-electron chi connectivity index (χ1n) is 4.43. The summed E-state index contributed by atoms with van der Waals surface area (Å²) < 4.78 is 6.49. The second-order valence-electron chi connectivity index (χ2n) is 2.93. The lowest BCUT2D eigenvalue weighted by Crippen LogP contribution is -1.90. The average molecular weight is 276 g/mol. The van der Waals surface area contributed by atoms with Crippen molar-refractivity contribution in [1.82, 2.24) is 0 Å². The molecule has 0 spiro atoms. The Labute approximate surface area is 97.9 Å². The fraction of sp³-hybridized carbons (Fsp3) is 0.273. The molecular formula is C11H12BrClO. The summed E-state index contributed by atoms with van der Waals surface area (Å²) in [5.74, 6) is 0.794. The summed E-state index contributed by atoms with van der Waals surface area (Å²) in [7, 11) is 0. The number of hydrogen-bond donors (Lipinski definition) is 0. The Morgan fingerprint density at radius 2 is 2.29 bits per heavy atom. The maximum absolute atomic E-state index is 5.85. The van der Waals surface area contributed by atoms with Gasteiger partial charge in [-0.25, -0.2) is 0 Å². The van der Waals surface area contributed by atoms with Crippen LogP contribution in [0, 0.1) is 6.92 Å². The number of hydrogen-bond acceptors (Lipinski definition) is 1. The summed E-state index contributed by atoms with van der Waals surface area (Å²) >= 11 is 9.24. The largest absolute Gasteiger partial charge is 0.445 e. The normalized spacial score (nSPS) is 11.6. The number of rotatable bonds is 3. The third kappa shape index (κ3) is 3.35. The van der Waals surface area contributed by atoms with Crippen molar-refractivity contribution >= 4 is 27.5 Å². The van der Waals surface area contributed by atoms with Crippen LogP contribution in [-0.4, -0.2) is 0 Å². The van der Waals surface area contributed by atoms with E-state index in [1.807, 2.05) is 38.1 Å². The molecule has 1 aromatic carbocycles. The van der Waals surface area contributed by atoms with Crippen molar-refractivity contribution in [2.75, 3.05) is 0 Å². The van der Waals surface area contributed by atoms with E-state index in [1.165, 1.54) is 0 Å². The van der Waals surface area contributed by atoms with Crippen molar-refractivity contribution in [1.29, 1.82) is 0 Å². The van der Waals surface area contributed by atoms with Gasteiger partial charge in [-0.2, -0.15) is 0 Å². The number of benzene rings is 1. The lowest BCUT2D eigenvalue weighted by molar-refractivity contribution is 0.456. The van der Waals surface area contributed by atoms with Gasteiger partial charge in [0.05, 0.1) is 0 Å². The van der Waals surface area contributed by atoms with Gasteiger partial charge >= 0.3 is 0 Å². The third-order valence-electron chi connectivity index (χ3n) is 1.71. The fourth-order valence-corrected chi connectivity index (χ4v) is 1.75. The highest BCUT2D eigenvalue weighted by Gasteiger charge is 2.01. The summed E-state index contributed by atoms with van der Waals surface area (Å²) in [5.41, 5.74) is 1.06. The number of aryl methyl sites for hydroxylation is 1. The second kappa shape index (κ2) is 5.42. The molecule has 1 nitrogen and oxygen atoms in total. The molecule has 14 heavy (non-hydrogen) atoms. The predicted octanol–water partition coefficient (Wildman–Crippen LogP) is 4.63. The topological polar surface area (TPSA) is 9.23 Å². The van der Waals surface area contributed by atoms with Gasteiger partial charge in [0.25, 0.3) is 0 Å². The van der Waals surface area contributed by atoms with Crippen LogP contribution in [0.1, 0.15) is 18.9 Å². The van der Waals surface area contributed by atoms with E-state index in [9.17, 15) is 0 Å². The van der Waals surface area contributed by atoms with Crippen molar-refractivity contribution in [3.63, 3.8) is 0 Å². The van der Waals surface area contributed by atoms with Crippen molar-refractivity contribution < 1.29 is 4.74 Å². The fourth-order valence-electron chi connectivity index (χ4n) is 1.03. The van der Waals surface area contributed by atoms with Gasteiger partial charge in [-0.15, -0.1) is 0 Å². The minimum atomic E-state index is 0.429. The van der Waals surface area contributed by atoms with Gasteiger partial charge in [0.1, 0.15) is 5.75 Å². The predicted molar refractivity (Wildman–Crippen MR) is 63.7 cm³/mol. The summed E-state index contributed by atoms with van der Waals surface area (Å²) in [6.07, 6.45) is 2.71. The van der Waals surface area contributed by atoms with Crippen LogP contribution in [0.5, 0.6) is 5.75 Å². The lowest BCUT2D eigenvalue weighted by atomic mass is 10.2. The SMILES string of the molecule is CC/C=C(\Cl)Oc1ccc(Br)cc1C. The molecule has 0 fully saturated rings. The molecule has 0 heterocycles. The Kier molecular flexibility index (Phi) is 4.49. The maximum atomic E-state index is 5.85. The molecule has 0 saturated carbocycles. The van der Waals surface area contributed by atoms with Crippen LogP contribution < -0.4 is 4.74 Å². The van der Waals surface area contributed by atoms with Crippen LogP contribution in [0.15, 0.2) is 34.0 Å². The number of ether oxygens (including phenoxy) is 1. The highest BCUT2D eigenvalue weighted by Crippen LogP contribution is 2.24. The molecule has 3 heteroatoms. The molecule has 0 unspecified atom stereocenters. The van der Waals surface area contributed by atoms with E-state index in [2.05, 4.69) is 15.9 Å². The smallest absolute Gasteiger partial charge is 0.189 e. The molecule has 0 aromatic heterocycles. The van der Waals surface area contributed by atoms with Gasteiger partial charge in [-0.05, 0) is 54.8 Å². The van der Waals surface area contributed by atoms with Crippen LogP contribution >= 0.6 is 27.5 Å². The van der Waals surface area contributed by atoms with Crippen molar-refractivity contribution in [3.05, 3.63) is 39.5 Å². The van der Waals surface area contributed by atoms with Gasteiger partial charge in [-0.3, -0.25) is 0 Å². The molecule has 0 N–H and O–H groups in total. The molecular weight excluding hydrogens is 263 g/mol. The standard InChI is InChI=1S/C11H12BrClO/c1-3-4-11(13)14-10-6-5-9(12)7-8(10)2/h4-7H,3H2,1-2H3/b11-4+. The molecule has 0 saturated heterocycles. The Morgan fingerprint density at radius 1 is 1.57 bits per heavy atom. The van der Waals surface area contributed by atoms with Crippen LogP contribution in [0.4, 0.5) is 0 Å². The minimum Gasteiger partial charge on any atom is -0.445 e. The zero-order valence-electron chi connectivity index (χ0n) is 8.18. The van der Waals surface area contributed by atoms with Crippen LogP contribution in [0.3, 0.4) is 0 Å². The summed E-state index contributed by atoms with van der Waals surface area (Å²) in [5, 5.41) is 0.429. The molecule has 0 bridgehead atoms. The highest BCUT2D eigenvalue weighted by molar-refractivity contribution is 9.10. The monoisotopic (exact) mass is 274 g/mol. The molecule has 0 radical (unpaired) electrons. The Morgan fingerprint density at radius 3 is 2.86 bits per heavy atom. The summed E-state index contributed by atoms with van der Waals surface area (Å²) in [4.78, 5) is 0. The summed E-state index contributed by atoms with van der Waals surface area (Å²) in [6.45, 7) is 4.00. The van der Waals surface area contributed by atoms with Gasteiger partial charge < -0.3 is 4.74 Å². The van der Waals surface area contributed by atoms with Gasteiger partial charge in [0.2, 0.25) is 0 Å². The van der Waals surface area contributed by atoms with Crippen molar-refractivity contribution in [2.45, 2.75) is 20.3 Å². The third-order valence-corrected chi connectivity index (χ3v) is 2.43. The first-order valence-corrected chi connectivity index (χ1v) is 5.60. The minimum absolute atomic E-state index is 0.429. The highest BCUT2D eigenvalue weighted by atomic mass is 79.9. The molecule has 0 atom stereocenters. The van der Waals surface area contributed by atoms with Crippen molar-refractivity contribution in [2.24, 2.45) is 0 Å². The maximum Gasteiger partial charge on any atom is 0.189 e. The van der Waals surface area contributed by atoms with Crippen molar-refractivity contribution in [3.8, 4) is 5.75 Å². The molecule has 1 rings (SSSR count). The van der Waals surface area contributed by atoms with E-state index in [1.54, 1.807) is 0 Å². The molecule has 0 amide bonds. The van der Waals surface area contributed by atoms with Gasteiger partial charge in [0, 0.05) is 4.47 Å². The van der Waals surface area contributed by atoms with Gasteiger partial charge in [0.15, 0.2) is 5.22 Å². The lowest BCUT2D eigenvalue weighted by Gasteiger charge is -2.07.